The van der Waals surface area contributed by atoms with Crippen molar-refractivity contribution in [2.45, 2.75) is 17.9 Å². The maximum Gasteiger partial charge on any atom is 0.263 e. The van der Waals surface area contributed by atoms with Crippen molar-refractivity contribution >= 4 is 41.7 Å². The topological polar surface area (TPSA) is 99.3 Å². The van der Waals surface area contributed by atoms with E-state index in [4.69, 9.17) is 0 Å². The molecule has 1 aromatic carbocycles. The van der Waals surface area contributed by atoms with E-state index in [-0.39, 0.29) is 28.9 Å². The Morgan fingerprint density at radius 3 is 2.54 bits per heavy atom. The Morgan fingerprint density at radius 1 is 1.19 bits per heavy atom. The van der Waals surface area contributed by atoms with Gasteiger partial charge in [0, 0.05) is 24.5 Å². The minimum Gasteiger partial charge on any atom is -0.362 e. The van der Waals surface area contributed by atoms with Crippen molar-refractivity contribution in [1.29, 1.82) is 0 Å². The summed E-state index contributed by atoms with van der Waals surface area (Å²) in [6.07, 6.45) is 2.47. The lowest BCUT2D eigenvalue weighted by Crippen LogP contribution is -2.35. The molecule has 0 saturated heterocycles. The molecule has 0 saturated carbocycles. The lowest BCUT2D eigenvalue weighted by atomic mass is 10.1. The minimum absolute atomic E-state index is 0.0188. The number of nitrogens with zero attached hydrogens (tertiary/aromatic N) is 1. The number of rotatable bonds is 4. The van der Waals surface area contributed by atoms with Gasteiger partial charge in [-0.2, -0.15) is 4.31 Å². The van der Waals surface area contributed by atoms with E-state index in [1.165, 1.54) is 10.5 Å². The second-order valence-corrected chi connectivity index (χ2v) is 10.3. The van der Waals surface area contributed by atoms with E-state index < -0.39 is 37.4 Å². The molecule has 1 aliphatic rings. The molecule has 0 atom stereocenters. The van der Waals surface area contributed by atoms with Crippen LogP contribution in [0.1, 0.15) is 11.3 Å². The fraction of sp³-hybridized carbons (Fsp3) is 0.286. The van der Waals surface area contributed by atoms with Crippen LogP contribution in [0, 0.1) is 11.6 Å². The number of aromatic amines is 1. The van der Waals surface area contributed by atoms with E-state index in [2.05, 4.69) is 20.9 Å². The first-order valence-corrected chi connectivity index (χ1v) is 11.4. The average Bonchev–Trinajstić information content (AvgIpc) is 2.95. The number of aromatic nitrogens is 1. The normalized spacial score (nSPS) is 15.7. The van der Waals surface area contributed by atoms with Gasteiger partial charge in [0.1, 0.15) is 16.5 Å². The molecule has 7 nitrogen and oxygen atoms in total. The largest absolute Gasteiger partial charge is 0.362 e. The molecule has 1 aromatic heterocycles. The number of halogens is 3. The van der Waals surface area contributed by atoms with Crippen LogP contribution in [0.5, 0.6) is 0 Å². The molecule has 0 spiro atoms. The SMILES string of the molecule is CS(=O)(=O)N1CCc2c(S(=O)(=O)Nc3cc(F)c(Br)cc3F)c[nH]c2C1. The zero-order valence-electron chi connectivity index (χ0n) is 13.4. The second kappa shape index (κ2) is 6.59. The Balaban J connectivity index is 1.93. The Kier molecular flexibility index (Phi) is 4.88. The van der Waals surface area contributed by atoms with E-state index in [0.29, 0.717) is 11.3 Å². The quantitative estimate of drug-likeness (QED) is 0.670. The number of sulfonamides is 2. The Labute approximate surface area is 157 Å². The summed E-state index contributed by atoms with van der Waals surface area (Å²) < 4.78 is 79.1. The minimum atomic E-state index is -4.19. The second-order valence-electron chi connectivity index (χ2n) is 5.81. The molecule has 0 bridgehead atoms. The first-order valence-electron chi connectivity index (χ1n) is 7.30. The molecule has 12 heteroatoms. The molecule has 0 fully saturated rings. The van der Waals surface area contributed by atoms with Gasteiger partial charge in [0.25, 0.3) is 10.0 Å². The van der Waals surface area contributed by atoms with Gasteiger partial charge in [-0.15, -0.1) is 0 Å². The molecule has 2 aromatic rings. The molecule has 0 unspecified atom stereocenters. The highest BCUT2D eigenvalue weighted by molar-refractivity contribution is 9.10. The molecular weight excluding hydrogens is 456 g/mol. The number of H-pyrrole nitrogens is 1. The number of hydrogen-bond acceptors (Lipinski definition) is 4. The predicted octanol–water partition coefficient (Wildman–Crippen LogP) is 2.17. The van der Waals surface area contributed by atoms with Gasteiger partial charge in [0.15, 0.2) is 0 Å². The molecule has 0 aliphatic carbocycles. The highest BCUT2D eigenvalue weighted by Gasteiger charge is 2.30. The first-order chi connectivity index (χ1) is 12.0. The zero-order chi connectivity index (χ0) is 19.3. The maximum absolute atomic E-state index is 13.9. The monoisotopic (exact) mass is 469 g/mol. The maximum atomic E-state index is 13.9. The van der Waals surface area contributed by atoms with Gasteiger partial charge in [0.2, 0.25) is 10.0 Å². The van der Waals surface area contributed by atoms with E-state index >= 15 is 0 Å². The zero-order valence-corrected chi connectivity index (χ0v) is 16.6. The molecule has 0 radical (unpaired) electrons. The van der Waals surface area contributed by atoms with Gasteiger partial charge in [0.05, 0.1) is 23.0 Å². The first kappa shape index (κ1) is 19.3. The Bertz CT molecular complexity index is 1080. The van der Waals surface area contributed by atoms with Crippen LogP contribution in [0.2, 0.25) is 0 Å². The lowest BCUT2D eigenvalue weighted by Gasteiger charge is -2.25. The molecule has 0 amide bonds. The molecule has 1 aliphatic heterocycles. The highest BCUT2D eigenvalue weighted by atomic mass is 79.9. The molecule has 3 rings (SSSR count). The summed E-state index contributed by atoms with van der Waals surface area (Å²) in [5, 5.41) is 0. The summed E-state index contributed by atoms with van der Waals surface area (Å²) in [7, 11) is -7.59. The Morgan fingerprint density at radius 2 is 1.88 bits per heavy atom. The third kappa shape index (κ3) is 3.63. The van der Waals surface area contributed by atoms with Gasteiger partial charge in [-0.3, -0.25) is 4.72 Å². The van der Waals surface area contributed by atoms with Gasteiger partial charge >= 0.3 is 0 Å². The van der Waals surface area contributed by atoms with Crippen LogP contribution < -0.4 is 4.72 Å². The number of anilines is 1. The van der Waals surface area contributed by atoms with Crippen molar-refractivity contribution in [3.05, 3.63) is 45.7 Å². The molecular formula is C14H14BrF2N3O4S2. The fourth-order valence-electron chi connectivity index (χ4n) is 2.71. The number of fused-ring (bicyclic) bond motifs is 1. The van der Waals surface area contributed by atoms with Crippen LogP contribution in [0.25, 0.3) is 0 Å². The van der Waals surface area contributed by atoms with Crippen molar-refractivity contribution in [3.63, 3.8) is 0 Å². The van der Waals surface area contributed by atoms with Crippen molar-refractivity contribution in [2.75, 3.05) is 17.5 Å². The summed E-state index contributed by atoms with van der Waals surface area (Å²) in [6.45, 7) is 0.151. The van der Waals surface area contributed by atoms with Crippen molar-refractivity contribution in [2.24, 2.45) is 0 Å². The fourth-order valence-corrected chi connectivity index (χ4v) is 5.13. The number of benzene rings is 1. The van der Waals surface area contributed by atoms with Gasteiger partial charge < -0.3 is 4.98 Å². The summed E-state index contributed by atoms with van der Waals surface area (Å²) >= 11 is 2.82. The van der Waals surface area contributed by atoms with E-state index in [0.717, 1.165) is 18.4 Å². The third-order valence-electron chi connectivity index (χ3n) is 4.00. The van der Waals surface area contributed by atoms with Crippen LogP contribution >= 0.6 is 15.9 Å². The smallest absolute Gasteiger partial charge is 0.263 e. The van der Waals surface area contributed by atoms with E-state index in [1.54, 1.807) is 0 Å². The molecule has 2 heterocycles. The van der Waals surface area contributed by atoms with Gasteiger partial charge in [-0.05, 0) is 34.0 Å². The molecule has 26 heavy (non-hydrogen) atoms. The van der Waals surface area contributed by atoms with Crippen LogP contribution in [-0.4, -0.2) is 38.9 Å². The summed E-state index contributed by atoms with van der Waals surface area (Å²) in [6, 6.07) is 1.56. The predicted molar refractivity (Wildman–Crippen MR) is 94.6 cm³/mol. The van der Waals surface area contributed by atoms with E-state index in [9.17, 15) is 25.6 Å². The average molecular weight is 470 g/mol. The van der Waals surface area contributed by atoms with Crippen LogP contribution in [0.3, 0.4) is 0 Å². The number of nitrogens with one attached hydrogen (secondary N) is 2. The standard InChI is InChI=1S/C14H14BrF2N3O4S2/c1-25(21,22)20-3-2-8-13(7-20)18-6-14(8)26(23,24)19-12-5-10(16)9(15)4-11(12)17/h4-6,18-19H,2-3,7H2,1H3. The van der Waals surface area contributed by atoms with Gasteiger partial charge in [-0.25, -0.2) is 25.6 Å². The van der Waals surface area contributed by atoms with Gasteiger partial charge in [-0.1, -0.05) is 0 Å². The van der Waals surface area contributed by atoms with Crippen LogP contribution in [-0.2, 0) is 33.0 Å². The Hall–Kier alpha value is -1.50. The van der Waals surface area contributed by atoms with E-state index in [1.807, 2.05) is 4.72 Å². The van der Waals surface area contributed by atoms with Crippen molar-refractivity contribution in [3.8, 4) is 0 Å². The molecule has 142 valence electrons. The molecule has 2 N–H and O–H groups in total. The summed E-state index contributed by atoms with van der Waals surface area (Å²) in [5.41, 5.74) is 0.356. The lowest BCUT2D eigenvalue weighted by molar-refractivity contribution is 0.389. The number of hydrogen-bond donors (Lipinski definition) is 2. The van der Waals surface area contributed by atoms with Crippen LogP contribution in [0.4, 0.5) is 14.5 Å². The van der Waals surface area contributed by atoms with Crippen molar-refractivity contribution < 1.29 is 25.6 Å². The summed E-state index contributed by atoms with van der Waals surface area (Å²) in [4.78, 5) is 2.63. The summed E-state index contributed by atoms with van der Waals surface area (Å²) in [5.74, 6) is -1.75. The van der Waals surface area contributed by atoms with Crippen molar-refractivity contribution in [1.82, 2.24) is 9.29 Å². The van der Waals surface area contributed by atoms with Crippen LogP contribution in [0.15, 0.2) is 27.7 Å². The highest BCUT2D eigenvalue weighted by Crippen LogP contribution is 2.30. The third-order valence-corrected chi connectivity index (χ3v) is 7.29.